The number of aliphatic hydroxyl groups excluding tert-OH is 1. The molecule has 0 radical (unpaired) electrons. The van der Waals surface area contributed by atoms with Crippen LogP contribution in [0.15, 0.2) is 17.0 Å². The Hall–Kier alpha value is -0.820. The van der Waals surface area contributed by atoms with Crippen molar-refractivity contribution in [2.45, 2.75) is 38.1 Å². The highest BCUT2D eigenvalue weighted by Crippen LogP contribution is 2.30. The minimum absolute atomic E-state index is 0.00825. The van der Waals surface area contributed by atoms with E-state index in [9.17, 15) is 8.42 Å². The third-order valence-electron chi connectivity index (χ3n) is 3.02. The van der Waals surface area contributed by atoms with Gasteiger partial charge in [0.05, 0.1) is 5.02 Å². The van der Waals surface area contributed by atoms with Gasteiger partial charge in [0.15, 0.2) is 0 Å². The van der Waals surface area contributed by atoms with E-state index in [1.807, 2.05) is 0 Å². The predicted octanol–water partition coefficient (Wildman–Crippen LogP) is 2.01. The van der Waals surface area contributed by atoms with E-state index >= 15 is 0 Å². The second-order valence-electron chi connectivity index (χ2n) is 4.93. The van der Waals surface area contributed by atoms with Crippen molar-refractivity contribution >= 4 is 27.3 Å². The summed E-state index contributed by atoms with van der Waals surface area (Å²) in [6.45, 7) is 5.49. The molecule has 0 atom stereocenters. The molecule has 0 aromatic heterocycles. The molecule has 1 aromatic carbocycles. The molecule has 1 rings (SSSR count). The highest BCUT2D eigenvalue weighted by molar-refractivity contribution is 7.89. The zero-order valence-corrected chi connectivity index (χ0v) is 13.5. The summed E-state index contributed by atoms with van der Waals surface area (Å²) >= 11 is 6.06. The number of sulfonamides is 1. The lowest BCUT2D eigenvalue weighted by molar-refractivity contribution is 0.258. The fraction of sp³-hybridized carbons (Fsp3) is 0.538. The van der Waals surface area contributed by atoms with E-state index in [1.165, 1.54) is 10.4 Å². The summed E-state index contributed by atoms with van der Waals surface area (Å²) in [6.07, 6.45) is 0.371. The van der Waals surface area contributed by atoms with Crippen molar-refractivity contribution in [1.29, 1.82) is 0 Å². The third kappa shape index (κ3) is 3.63. The number of hydrogen-bond donors (Lipinski definition) is 2. The number of nitrogen functional groups attached to an aromatic ring is 1. The number of nitrogens with zero attached hydrogens (tertiary/aromatic N) is 1. The summed E-state index contributed by atoms with van der Waals surface area (Å²) in [6, 6.07) is 2.71. The summed E-state index contributed by atoms with van der Waals surface area (Å²) in [5.41, 5.74) is 6.91. The van der Waals surface area contributed by atoms with Crippen LogP contribution < -0.4 is 5.73 Å². The van der Waals surface area contributed by atoms with E-state index in [0.717, 1.165) is 5.56 Å². The van der Waals surface area contributed by atoms with E-state index < -0.39 is 10.0 Å². The lowest BCUT2D eigenvalue weighted by Gasteiger charge is -2.26. The number of aliphatic hydroxyl groups is 1. The third-order valence-corrected chi connectivity index (χ3v) is 5.56. The summed E-state index contributed by atoms with van der Waals surface area (Å²) in [4.78, 5) is 0.00825. The Balaban J connectivity index is 3.29. The average Bonchev–Trinajstić information content (AvgIpc) is 2.33. The fourth-order valence-electron chi connectivity index (χ4n) is 1.88. The van der Waals surface area contributed by atoms with Crippen LogP contribution in [0.5, 0.6) is 0 Å². The van der Waals surface area contributed by atoms with E-state index in [4.69, 9.17) is 22.4 Å². The minimum atomic E-state index is -3.73. The molecule has 3 N–H and O–H groups in total. The molecule has 0 aliphatic carbocycles. The Morgan fingerprint density at radius 3 is 2.50 bits per heavy atom. The minimum Gasteiger partial charge on any atom is -0.398 e. The van der Waals surface area contributed by atoms with Gasteiger partial charge >= 0.3 is 0 Å². The van der Waals surface area contributed by atoms with Crippen LogP contribution in [0.2, 0.25) is 5.02 Å². The molecule has 0 bridgehead atoms. The van der Waals surface area contributed by atoms with Gasteiger partial charge < -0.3 is 10.8 Å². The lowest BCUT2D eigenvalue weighted by Crippen LogP contribution is -2.38. The smallest absolute Gasteiger partial charge is 0.244 e. The van der Waals surface area contributed by atoms with Crippen LogP contribution in [0.4, 0.5) is 5.69 Å². The molecule has 0 aliphatic heterocycles. The molecule has 0 aliphatic rings. The van der Waals surface area contributed by atoms with Gasteiger partial charge in [0.25, 0.3) is 0 Å². The topological polar surface area (TPSA) is 83.6 Å². The average molecular weight is 321 g/mol. The van der Waals surface area contributed by atoms with Crippen LogP contribution in [-0.4, -0.2) is 37.0 Å². The molecular formula is C13H21ClN2O3S. The van der Waals surface area contributed by atoms with Gasteiger partial charge in [-0.1, -0.05) is 11.6 Å². The van der Waals surface area contributed by atoms with Crippen molar-refractivity contribution in [3.63, 3.8) is 0 Å². The van der Waals surface area contributed by atoms with Crippen LogP contribution in [-0.2, 0) is 10.0 Å². The van der Waals surface area contributed by atoms with E-state index in [0.29, 0.717) is 12.1 Å². The molecular weight excluding hydrogens is 300 g/mol. The van der Waals surface area contributed by atoms with Crippen LogP contribution >= 0.6 is 11.6 Å². The number of aryl methyl sites for hydroxylation is 1. The second-order valence-corrected chi connectivity index (χ2v) is 7.19. The van der Waals surface area contributed by atoms with Crippen LogP contribution in [0.3, 0.4) is 0 Å². The molecule has 5 nitrogen and oxygen atoms in total. The van der Waals surface area contributed by atoms with Crippen molar-refractivity contribution in [2.75, 3.05) is 18.9 Å². The Labute approximate surface area is 125 Å². The van der Waals surface area contributed by atoms with Crippen molar-refractivity contribution in [1.82, 2.24) is 4.31 Å². The maximum Gasteiger partial charge on any atom is 0.244 e. The van der Waals surface area contributed by atoms with Crippen LogP contribution in [0.25, 0.3) is 0 Å². The molecule has 0 saturated heterocycles. The maximum absolute atomic E-state index is 12.7. The van der Waals surface area contributed by atoms with Gasteiger partial charge in [-0.3, -0.25) is 0 Å². The SMILES string of the molecule is Cc1cc(Cl)c(S(=O)(=O)N(CCCO)C(C)C)cc1N. The first kappa shape index (κ1) is 17.2. The quantitative estimate of drug-likeness (QED) is 0.785. The van der Waals surface area contributed by atoms with Crippen molar-refractivity contribution in [3.8, 4) is 0 Å². The summed E-state index contributed by atoms with van der Waals surface area (Å²) in [7, 11) is -3.73. The molecule has 0 amide bonds. The second kappa shape index (κ2) is 6.76. The molecule has 0 fully saturated rings. The zero-order chi connectivity index (χ0) is 15.5. The molecule has 0 unspecified atom stereocenters. The molecule has 0 saturated carbocycles. The molecule has 0 spiro atoms. The first-order chi connectivity index (χ1) is 9.21. The molecule has 7 heteroatoms. The molecule has 114 valence electrons. The number of halogens is 1. The maximum atomic E-state index is 12.7. The predicted molar refractivity (Wildman–Crippen MR) is 81.3 cm³/mol. The number of benzene rings is 1. The Morgan fingerprint density at radius 2 is 2.00 bits per heavy atom. The normalized spacial score (nSPS) is 12.3. The standard InChI is InChI=1S/C13H21ClN2O3S/c1-9(2)16(5-4-6-17)20(18,19)13-8-12(15)10(3)7-11(13)14/h7-9,17H,4-6,15H2,1-3H3. The summed E-state index contributed by atoms with van der Waals surface area (Å²) in [5, 5.41) is 9.06. The van der Waals surface area contributed by atoms with Crippen molar-refractivity contribution < 1.29 is 13.5 Å². The number of hydrogen-bond acceptors (Lipinski definition) is 4. The van der Waals surface area contributed by atoms with E-state index in [-0.39, 0.29) is 29.1 Å². The van der Waals surface area contributed by atoms with Gasteiger partial charge in [0.1, 0.15) is 4.90 Å². The first-order valence-electron chi connectivity index (χ1n) is 6.40. The molecule has 0 heterocycles. The molecule has 1 aromatic rings. The fourth-order valence-corrected chi connectivity index (χ4v) is 4.14. The van der Waals surface area contributed by atoms with E-state index in [2.05, 4.69) is 0 Å². The monoisotopic (exact) mass is 320 g/mol. The van der Waals surface area contributed by atoms with E-state index in [1.54, 1.807) is 26.8 Å². The van der Waals surface area contributed by atoms with Gasteiger partial charge in [-0.05, 0) is 44.9 Å². The van der Waals surface area contributed by atoms with Gasteiger partial charge in [-0.15, -0.1) is 0 Å². The zero-order valence-electron chi connectivity index (χ0n) is 11.9. The van der Waals surface area contributed by atoms with Gasteiger partial charge in [0, 0.05) is 24.9 Å². The number of anilines is 1. The highest BCUT2D eigenvalue weighted by Gasteiger charge is 2.29. The number of rotatable bonds is 6. The van der Waals surface area contributed by atoms with Crippen LogP contribution in [0.1, 0.15) is 25.8 Å². The van der Waals surface area contributed by atoms with Gasteiger partial charge in [-0.2, -0.15) is 4.31 Å². The largest absolute Gasteiger partial charge is 0.398 e. The number of nitrogens with two attached hydrogens (primary N) is 1. The summed E-state index contributed by atoms with van der Waals surface area (Å²) in [5.74, 6) is 0. The highest BCUT2D eigenvalue weighted by atomic mass is 35.5. The first-order valence-corrected chi connectivity index (χ1v) is 8.22. The Bertz CT molecular complexity index is 573. The van der Waals surface area contributed by atoms with Gasteiger partial charge in [-0.25, -0.2) is 8.42 Å². The Morgan fingerprint density at radius 1 is 1.40 bits per heavy atom. The Kier molecular flexibility index (Phi) is 5.82. The van der Waals surface area contributed by atoms with Crippen molar-refractivity contribution in [3.05, 3.63) is 22.7 Å². The molecule has 20 heavy (non-hydrogen) atoms. The van der Waals surface area contributed by atoms with Crippen molar-refractivity contribution in [2.24, 2.45) is 0 Å². The van der Waals surface area contributed by atoms with Crippen LogP contribution in [0, 0.1) is 6.92 Å². The lowest BCUT2D eigenvalue weighted by atomic mass is 10.2. The van der Waals surface area contributed by atoms with Gasteiger partial charge in [0.2, 0.25) is 10.0 Å². The summed E-state index contributed by atoms with van der Waals surface area (Å²) < 4.78 is 26.7.